The van der Waals surface area contributed by atoms with Crippen molar-refractivity contribution < 1.29 is 14.3 Å². The topological polar surface area (TPSA) is 58.6 Å². The van der Waals surface area contributed by atoms with Gasteiger partial charge in [-0.05, 0) is 44.9 Å². The maximum atomic E-state index is 12.3. The summed E-state index contributed by atoms with van der Waals surface area (Å²) in [5.74, 6) is 0.301. The summed E-state index contributed by atoms with van der Waals surface area (Å²) in [5.41, 5.74) is 1.68. The van der Waals surface area contributed by atoms with Crippen LogP contribution in [0.3, 0.4) is 0 Å². The van der Waals surface area contributed by atoms with Gasteiger partial charge in [-0.2, -0.15) is 0 Å². The number of hydrogen-bond donors (Lipinski definition) is 1. The Labute approximate surface area is 125 Å². The van der Waals surface area contributed by atoms with Gasteiger partial charge in [-0.25, -0.2) is 0 Å². The van der Waals surface area contributed by atoms with E-state index in [-0.39, 0.29) is 24.5 Å². The van der Waals surface area contributed by atoms with Crippen LogP contribution in [0.25, 0.3) is 0 Å². The SMILES string of the molecule is CC[C@H](C)NC(=O)[C@H](C)N1C(=O)COc2ccc(C)cc21. The molecule has 0 radical (unpaired) electrons. The van der Waals surface area contributed by atoms with Crippen LogP contribution in [-0.4, -0.2) is 30.5 Å². The van der Waals surface area contributed by atoms with E-state index in [1.165, 1.54) is 4.90 Å². The molecule has 0 fully saturated rings. The highest BCUT2D eigenvalue weighted by Crippen LogP contribution is 2.34. The second-order valence-corrected chi connectivity index (χ2v) is 5.52. The van der Waals surface area contributed by atoms with E-state index in [1.54, 1.807) is 6.92 Å². The number of benzene rings is 1. The molecule has 2 rings (SSSR count). The fourth-order valence-corrected chi connectivity index (χ4v) is 2.29. The second-order valence-electron chi connectivity index (χ2n) is 5.52. The Morgan fingerprint density at radius 1 is 1.43 bits per heavy atom. The number of fused-ring (bicyclic) bond motifs is 1. The van der Waals surface area contributed by atoms with Gasteiger partial charge in [0.2, 0.25) is 5.91 Å². The third-order valence-corrected chi connectivity index (χ3v) is 3.76. The molecule has 1 aromatic rings. The fraction of sp³-hybridized carbons (Fsp3) is 0.500. The van der Waals surface area contributed by atoms with E-state index in [2.05, 4.69) is 5.32 Å². The number of aryl methyl sites for hydroxylation is 1. The molecule has 0 aromatic heterocycles. The zero-order chi connectivity index (χ0) is 15.6. The smallest absolute Gasteiger partial charge is 0.265 e. The minimum absolute atomic E-state index is 0.0307. The molecular weight excluding hydrogens is 268 g/mol. The number of carbonyl (C=O) groups is 2. The zero-order valence-corrected chi connectivity index (χ0v) is 13.0. The van der Waals surface area contributed by atoms with Crippen molar-refractivity contribution in [3.05, 3.63) is 23.8 Å². The van der Waals surface area contributed by atoms with Crippen molar-refractivity contribution in [2.24, 2.45) is 0 Å². The second kappa shape index (κ2) is 6.16. The largest absolute Gasteiger partial charge is 0.482 e. The highest BCUT2D eigenvalue weighted by atomic mass is 16.5. The van der Waals surface area contributed by atoms with Gasteiger partial charge in [0.25, 0.3) is 5.91 Å². The number of anilines is 1. The lowest BCUT2D eigenvalue weighted by Crippen LogP contribution is -2.52. The molecule has 21 heavy (non-hydrogen) atoms. The maximum absolute atomic E-state index is 12.3. The van der Waals surface area contributed by atoms with E-state index >= 15 is 0 Å². The minimum atomic E-state index is -0.559. The molecule has 5 nitrogen and oxygen atoms in total. The minimum Gasteiger partial charge on any atom is -0.482 e. The Balaban J connectivity index is 2.28. The third kappa shape index (κ3) is 3.17. The van der Waals surface area contributed by atoms with Gasteiger partial charge in [-0.1, -0.05) is 13.0 Å². The summed E-state index contributed by atoms with van der Waals surface area (Å²) in [5, 5.41) is 2.92. The van der Waals surface area contributed by atoms with E-state index in [0.29, 0.717) is 11.4 Å². The Bertz CT molecular complexity index is 556. The lowest BCUT2D eigenvalue weighted by Gasteiger charge is -2.34. The van der Waals surface area contributed by atoms with Crippen LogP contribution in [0.15, 0.2) is 18.2 Å². The Morgan fingerprint density at radius 2 is 2.14 bits per heavy atom. The number of amides is 2. The molecule has 0 saturated heterocycles. The van der Waals surface area contributed by atoms with Gasteiger partial charge in [0.05, 0.1) is 5.69 Å². The van der Waals surface area contributed by atoms with Crippen LogP contribution in [0.1, 0.15) is 32.8 Å². The van der Waals surface area contributed by atoms with Crippen LogP contribution in [-0.2, 0) is 9.59 Å². The normalized spacial score (nSPS) is 16.8. The number of nitrogens with zero attached hydrogens (tertiary/aromatic N) is 1. The molecule has 0 unspecified atom stereocenters. The van der Waals surface area contributed by atoms with Crippen molar-refractivity contribution in [1.29, 1.82) is 0 Å². The molecule has 2 amide bonds. The maximum Gasteiger partial charge on any atom is 0.265 e. The average molecular weight is 290 g/mol. The van der Waals surface area contributed by atoms with Gasteiger partial charge >= 0.3 is 0 Å². The average Bonchev–Trinajstić information content (AvgIpc) is 2.46. The van der Waals surface area contributed by atoms with Gasteiger partial charge < -0.3 is 10.1 Å². The molecule has 114 valence electrons. The van der Waals surface area contributed by atoms with Gasteiger partial charge in [-0.15, -0.1) is 0 Å². The third-order valence-electron chi connectivity index (χ3n) is 3.76. The first-order valence-corrected chi connectivity index (χ1v) is 7.30. The van der Waals surface area contributed by atoms with Crippen molar-refractivity contribution in [3.8, 4) is 5.75 Å². The summed E-state index contributed by atoms with van der Waals surface area (Å²) in [6.07, 6.45) is 0.852. The molecule has 2 atom stereocenters. The van der Waals surface area contributed by atoms with Crippen molar-refractivity contribution in [1.82, 2.24) is 5.32 Å². The molecule has 5 heteroatoms. The standard InChI is InChI=1S/C16H22N2O3/c1-5-11(3)17-16(20)12(4)18-13-8-10(2)6-7-14(13)21-9-15(18)19/h6-8,11-12H,5,9H2,1-4H3,(H,17,20)/t11-,12-/m0/s1. The number of carbonyl (C=O) groups excluding carboxylic acids is 2. The van der Waals surface area contributed by atoms with Gasteiger partial charge in [0.1, 0.15) is 11.8 Å². The summed E-state index contributed by atoms with van der Waals surface area (Å²) in [4.78, 5) is 26.0. The van der Waals surface area contributed by atoms with E-state index < -0.39 is 6.04 Å². The first kappa shape index (κ1) is 15.4. The number of ether oxygens (including phenoxy) is 1. The lowest BCUT2D eigenvalue weighted by atomic mass is 10.1. The summed E-state index contributed by atoms with van der Waals surface area (Å²) >= 11 is 0. The first-order valence-electron chi connectivity index (χ1n) is 7.30. The molecule has 0 bridgehead atoms. The first-order chi connectivity index (χ1) is 9.93. The van der Waals surface area contributed by atoms with Gasteiger partial charge in [0.15, 0.2) is 6.61 Å². The lowest BCUT2D eigenvalue weighted by molar-refractivity contribution is -0.127. The Kier molecular flexibility index (Phi) is 4.50. The van der Waals surface area contributed by atoms with E-state index in [1.807, 2.05) is 39.0 Å². The summed E-state index contributed by atoms with van der Waals surface area (Å²) < 4.78 is 5.43. The Morgan fingerprint density at radius 3 is 2.81 bits per heavy atom. The molecule has 1 aliphatic heterocycles. The number of nitrogens with one attached hydrogen (secondary N) is 1. The fourth-order valence-electron chi connectivity index (χ4n) is 2.29. The van der Waals surface area contributed by atoms with E-state index in [9.17, 15) is 9.59 Å². The zero-order valence-electron chi connectivity index (χ0n) is 13.0. The van der Waals surface area contributed by atoms with Crippen LogP contribution in [0, 0.1) is 6.92 Å². The molecular formula is C16H22N2O3. The quantitative estimate of drug-likeness (QED) is 0.923. The summed E-state index contributed by atoms with van der Waals surface area (Å²) in [6.45, 7) is 7.61. The van der Waals surface area contributed by atoms with Gasteiger partial charge in [0, 0.05) is 6.04 Å². The Hall–Kier alpha value is -2.04. The molecule has 0 aliphatic carbocycles. The predicted molar refractivity (Wildman–Crippen MR) is 81.5 cm³/mol. The molecule has 0 saturated carbocycles. The van der Waals surface area contributed by atoms with Crippen LogP contribution < -0.4 is 15.0 Å². The van der Waals surface area contributed by atoms with Crippen molar-refractivity contribution >= 4 is 17.5 Å². The monoisotopic (exact) mass is 290 g/mol. The summed E-state index contributed by atoms with van der Waals surface area (Å²) in [6, 6.07) is 5.17. The van der Waals surface area contributed by atoms with Crippen molar-refractivity contribution in [2.75, 3.05) is 11.5 Å². The van der Waals surface area contributed by atoms with Crippen LogP contribution in [0.2, 0.25) is 0 Å². The van der Waals surface area contributed by atoms with Crippen molar-refractivity contribution in [2.45, 2.75) is 46.2 Å². The predicted octanol–water partition coefficient (Wildman–Crippen LogP) is 2.02. The molecule has 1 aliphatic rings. The summed E-state index contributed by atoms with van der Waals surface area (Å²) in [7, 11) is 0. The highest BCUT2D eigenvalue weighted by Gasteiger charge is 2.33. The van der Waals surface area contributed by atoms with Crippen molar-refractivity contribution in [3.63, 3.8) is 0 Å². The van der Waals surface area contributed by atoms with Gasteiger partial charge in [-0.3, -0.25) is 14.5 Å². The number of hydrogen-bond acceptors (Lipinski definition) is 3. The molecule has 0 spiro atoms. The highest BCUT2D eigenvalue weighted by molar-refractivity contribution is 6.03. The molecule has 1 aromatic carbocycles. The van der Waals surface area contributed by atoms with E-state index in [4.69, 9.17) is 4.74 Å². The molecule has 1 N–H and O–H groups in total. The van der Waals surface area contributed by atoms with Crippen LogP contribution >= 0.6 is 0 Å². The molecule has 1 heterocycles. The van der Waals surface area contributed by atoms with Crippen LogP contribution in [0.5, 0.6) is 5.75 Å². The van der Waals surface area contributed by atoms with E-state index in [0.717, 1.165) is 12.0 Å². The van der Waals surface area contributed by atoms with Crippen LogP contribution in [0.4, 0.5) is 5.69 Å². The number of rotatable bonds is 4.